The summed E-state index contributed by atoms with van der Waals surface area (Å²) >= 11 is 3.30. The summed E-state index contributed by atoms with van der Waals surface area (Å²) in [5.41, 5.74) is 3.56. The first kappa shape index (κ1) is 15.1. The minimum Gasteiger partial charge on any atom is -0.504 e. The Hall–Kier alpha value is -2.34. The number of amides is 1. The van der Waals surface area contributed by atoms with E-state index in [-0.39, 0.29) is 11.7 Å². The van der Waals surface area contributed by atoms with Gasteiger partial charge in [-0.1, -0.05) is 22.0 Å². The molecule has 0 saturated carbocycles. The van der Waals surface area contributed by atoms with Crippen LogP contribution in [-0.4, -0.2) is 24.3 Å². The lowest BCUT2D eigenvalue weighted by molar-refractivity contribution is 0.0955. The van der Waals surface area contributed by atoms with E-state index in [1.165, 1.54) is 19.4 Å². The maximum atomic E-state index is 11.8. The molecule has 0 aromatic heterocycles. The normalized spacial score (nSPS) is 10.6. The number of aromatic hydroxyl groups is 1. The van der Waals surface area contributed by atoms with E-state index in [0.717, 1.165) is 4.47 Å². The molecule has 2 aromatic carbocycles. The molecule has 0 heterocycles. The number of carbonyl (C=O) groups excluding carboxylic acids is 1. The summed E-state index contributed by atoms with van der Waals surface area (Å²) in [5.74, 6) is 0.0790. The molecule has 0 fully saturated rings. The predicted octanol–water partition coefficient (Wildman–Crippen LogP) is 2.93. The number of hydrogen-bond donors (Lipinski definition) is 2. The van der Waals surface area contributed by atoms with Crippen molar-refractivity contribution in [2.24, 2.45) is 5.10 Å². The van der Waals surface area contributed by atoms with E-state index in [1.807, 2.05) is 6.07 Å². The third kappa shape index (κ3) is 4.06. The summed E-state index contributed by atoms with van der Waals surface area (Å²) in [6.07, 6.45) is 1.44. The van der Waals surface area contributed by atoms with E-state index < -0.39 is 0 Å². The average Bonchev–Trinajstić information content (AvgIpc) is 2.47. The minimum absolute atomic E-state index is 0.0137. The van der Waals surface area contributed by atoms with Crippen LogP contribution < -0.4 is 10.2 Å². The lowest BCUT2D eigenvalue weighted by atomic mass is 10.2. The highest BCUT2D eigenvalue weighted by Gasteiger charge is 2.04. The van der Waals surface area contributed by atoms with Crippen LogP contribution in [0.5, 0.6) is 11.5 Å². The van der Waals surface area contributed by atoms with Gasteiger partial charge in [-0.3, -0.25) is 4.79 Å². The van der Waals surface area contributed by atoms with Gasteiger partial charge in [-0.05, 0) is 42.0 Å². The van der Waals surface area contributed by atoms with Crippen molar-refractivity contribution in [3.05, 3.63) is 58.1 Å². The maximum absolute atomic E-state index is 11.8. The first-order chi connectivity index (χ1) is 10.1. The van der Waals surface area contributed by atoms with Crippen LogP contribution in [0.1, 0.15) is 15.9 Å². The van der Waals surface area contributed by atoms with E-state index in [9.17, 15) is 9.90 Å². The van der Waals surface area contributed by atoms with Crippen LogP contribution in [0.2, 0.25) is 0 Å². The first-order valence-electron chi connectivity index (χ1n) is 6.06. The van der Waals surface area contributed by atoms with Gasteiger partial charge in [0.2, 0.25) is 0 Å². The number of hydrogen-bond acceptors (Lipinski definition) is 4. The summed E-state index contributed by atoms with van der Waals surface area (Å²) in [6, 6.07) is 11.8. The molecular formula is C15H13BrN2O3. The molecule has 0 atom stereocenters. The molecule has 0 saturated heterocycles. The minimum atomic E-state index is -0.315. The second-order valence-corrected chi connectivity index (χ2v) is 5.06. The van der Waals surface area contributed by atoms with Crippen LogP contribution in [-0.2, 0) is 0 Å². The number of nitrogens with one attached hydrogen (secondary N) is 1. The van der Waals surface area contributed by atoms with Crippen molar-refractivity contribution in [3.63, 3.8) is 0 Å². The molecule has 21 heavy (non-hydrogen) atoms. The van der Waals surface area contributed by atoms with E-state index in [4.69, 9.17) is 4.74 Å². The molecule has 2 rings (SSSR count). The molecule has 0 aliphatic rings. The molecule has 0 aliphatic carbocycles. The number of halogens is 1. The Morgan fingerprint density at radius 1 is 1.33 bits per heavy atom. The monoisotopic (exact) mass is 348 g/mol. The molecule has 2 N–H and O–H groups in total. The Kier molecular flexibility index (Phi) is 4.94. The van der Waals surface area contributed by atoms with Gasteiger partial charge in [0.05, 0.1) is 13.3 Å². The number of phenolic OH excluding ortho intramolecular Hbond substituents is 1. The van der Waals surface area contributed by atoms with Gasteiger partial charge < -0.3 is 9.84 Å². The van der Waals surface area contributed by atoms with Gasteiger partial charge in [0.1, 0.15) is 0 Å². The largest absolute Gasteiger partial charge is 0.504 e. The zero-order chi connectivity index (χ0) is 15.2. The fourth-order valence-electron chi connectivity index (χ4n) is 1.65. The molecular weight excluding hydrogens is 336 g/mol. The van der Waals surface area contributed by atoms with Crippen molar-refractivity contribution in [1.29, 1.82) is 0 Å². The van der Waals surface area contributed by atoms with Gasteiger partial charge in [0.15, 0.2) is 11.5 Å². The van der Waals surface area contributed by atoms with Gasteiger partial charge in [0.25, 0.3) is 5.91 Å². The van der Waals surface area contributed by atoms with Crippen LogP contribution in [0.4, 0.5) is 0 Å². The molecule has 6 heteroatoms. The van der Waals surface area contributed by atoms with E-state index in [1.54, 1.807) is 30.3 Å². The first-order valence-corrected chi connectivity index (χ1v) is 6.85. The lowest BCUT2D eigenvalue weighted by Gasteiger charge is -2.03. The Morgan fingerprint density at radius 2 is 2.14 bits per heavy atom. The molecule has 0 bridgehead atoms. The molecule has 5 nitrogen and oxygen atoms in total. The van der Waals surface area contributed by atoms with Crippen LogP contribution >= 0.6 is 15.9 Å². The van der Waals surface area contributed by atoms with Crippen molar-refractivity contribution >= 4 is 28.1 Å². The molecule has 108 valence electrons. The van der Waals surface area contributed by atoms with Gasteiger partial charge in [-0.2, -0.15) is 5.10 Å². The Bertz CT molecular complexity index is 686. The van der Waals surface area contributed by atoms with Gasteiger partial charge in [0, 0.05) is 10.0 Å². The number of nitrogens with zero attached hydrogens (tertiary/aromatic N) is 1. The Morgan fingerprint density at radius 3 is 2.81 bits per heavy atom. The summed E-state index contributed by atoms with van der Waals surface area (Å²) in [7, 11) is 1.47. The fourth-order valence-corrected chi connectivity index (χ4v) is 2.05. The molecule has 1 amide bonds. The Balaban J connectivity index is 2.02. The summed E-state index contributed by atoms with van der Waals surface area (Å²) in [5, 5.41) is 13.5. The van der Waals surface area contributed by atoms with Crippen LogP contribution in [0, 0.1) is 0 Å². The summed E-state index contributed by atoms with van der Waals surface area (Å²) in [4.78, 5) is 11.8. The standard InChI is InChI=1S/C15H13BrN2O3/c1-21-14-6-5-10(7-13(14)19)9-17-18-15(20)11-3-2-4-12(16)8-11/h2-9,19H,1H3,(H,18,20)/b17-9-. The smallest absolute Gasteiger partial charge is 0.271 e. The molecule has 0 unspecified atom stereocenters. The van der Waals surface area contributed by atoms with Gasteiger partial charge in [-0.15, -0.1) is 0 Å². The van der Waals surface area contributed by atoms with Crippen molar-refractivity contribution in [2.45, 2.75) is 0 Å². The predicted molar refractivity (Wildman–Crippen MR) is 83.9 cm³/mol. The highest BCUT2D eigenvalue weighted by molar-refractivity contribution is 9.10. The average molecular weight is 349 g/mol. The van der Waals surface area contributed by atoms with Crippen molar-refractivity contribution in [2.75, 3.05) is 7.11 Å². The molecule has 0 spiro atoms. The van der Waals surface area contributed by atoms with Crippen LogP contribution in [0.25, 0.3) is 0 Å². The van der Waals surface area contributed by atoms with Gasteiger partial charge in [-0.25, -0.2) is 5.43 Å². The maximum Gasteiger partial charge on any atom is 0.271 e. The molecule has 0 radical (unpaired) electrons. The number of rotatable bonds is 4. The zero-order valence-electron chi connectivity index (χ0n) is 11.2. The van der Waals surface area contributed by atoms with Gasteiger partial charge >= 0.3 is 0 Å². The van der Waals surface area contributed by atoms with Crippen LogP contribution in [0.3, 0.4) is 0 Å². The molecule has 2 aromatic rings. The zero-order valence-corrected chi connectivity index (χ0v) is 12.8. The van der Waals surface area contributed by atoms with Crippen LogP contribution in [0.15, 0.2) is 52.0 Å². The number of methoxy groups -OCH3 is 1. The van der Waals surface area contributed by atoms with Crippen molar-refractivity contribution in [3.8, 4) is 11.5 Å². The third-order valence-electron chi connectivity index (χ3n) is 2.67. The SMILES string of the molecule is COc1ccc(/C=N\NC(=O)c2cccc(Br)c2)cc1O. The highest BCUT2D eigenvalue weighted by Crippen LogP contribution is 2.25. The van der Waals surface area contributed by atoms with Crippen molar-refractivity contribution < 1.29 is 14.6 Å². The van der Waals surface area contributed by atoms with Crippen molar-refractivity contribution in [1.82, 2.24) is 5.43 Å². The third-order valence-corrected chi connectivity index (χ3v) is 3.16. The summed E-state index contributed by atoms with van der Waals surface area (Å²) < 4.78 is 5.76. The number of hydrazone groups is 1. The quantitative estimate of drug-likeness (QED) is 0.659. The summed E-state index contributed by atoms with van der Waals surface area (Å²) in [6.45, 7) is 0. The second kappa shape index (κ2) is 6.90. The topological polar surface area (TPSA) is 70.9 Å². The lowest BCUT2D eigenvalue weighted by Crippen LogP contribution is -2.17. The van der Waals surface area contributed by atoms with E-state index in [0.29, 0.717) is 16.9 Å². The number of benzene rings is 2. The fraction of sp³-hybridized carbons (Fsp3) is 0.0667. The number of phenols is 1. The molecule has 0 aliphatic heterocycles. The Labute approximate surface area is 130 Å². The number of carbonyl (C=O) groups is 1. The second-order valence-electron chi connectivity index (χ2n) is 4.14. The highest BCUT2D eigenvalue weighted by atomic mass is 79.9. The van der Waals surface area contributed by atoms with E-state index in [2.05, 4.69) is 26.5 Å². The number of ether oxygens (including phenoxy) is 1. The van der Waals surface area contributed by atoms with E-state index >= 15 is 0 Å².